The van der Waals surface area contributed by atoms with Crippen LogP contribution in [0.1, 0.15) is 15.9 Å². The van der Waals surface area contributed by atoms with E-state index < -0.39 is 12.3 Å². The summed E-state index contributed by atoms with van der Waals surface area (Å²) in [4.78, 5) is 29.5. The van der Waals surface area contributed by atoms with Gasteiger partial charge in [-0.3, -0.25) is 9.59 Å². The first-order valence-electron chi connectivity index (χ1n) is 10.7. The number of nitrogens with zero attached hydrogens (tertiary/aromatic N) is 1. The molecule has 0 saturated carbocycles. The average molecular weight is 433 g/mol. The standard InChI is InChI=1S/C25H23NO6/c1-29-14-8-9-15(18(11-14)30-2)23(27)22-21-19-12-31-25(32-19)24(28)20(21)17-10-7-13-5-3-4-6-16(13)26(17)22/h3-11,17,19-22,25H,12H2,1-2H3/t17-,19+,20-,21-,22+,25-/m1/s1. The molecule has 0 amide bonds. The van der Waals surface area contributed by atoms with Gasteiger partial charge >= 0.3 is 0 Å². The van der Waals surface area contributed by atoms with Crippen LogP contribution in [0.15, 0.2) is 48.5 Å². The number of hydrogen-bond acceptors (Lipinski definition) is 7. The number of ketones is 2. The molecule has 3 saturated heterocycles. The monoisotopic (exact) mass is 433 g/mol. The lowest BCUT2D eigenvalue weighted by Gasteiger charge is -2.35. The Morgan fingerprint density at radius 3 is 2.78 bits per heavy atom. The van der Waals surface area contributed by atoms with Crippen LogP contribution < -0.4 is 14.4 Å². The van der Waals surface area contributed by atoms with Crippen molar-refractivity contribution in [1.82, 2.24) is 0 Å². The number of Topliss-reactive ketones (excluding diaryl/α,β-unsaturated/α-hetero) is 2. The Hall–Kier alpha value is -3.16. The maximum Gasteiger partial charge on any atom is 0.218 e. The Bertz CT molecular complexity index is 1140. The zero-order valence-electron chi connectivity index (χ0n) is 17.8. The minimum atomic E-state index is -0.835. The molecule has 6 atom stereocenters. The Labute approximate surface area is 185 Å². The number of ether oxygens (including phenoxy) is 4. The Kier molecular flexibility index (Phi) is 4.38. The van der Waals surface area contributed by atoms with E-state index in [-0.39, 0.29) is 35.5 Å². The largest absolute Gasteiger partial charge is 0.497 e. The lowest BCUT2D eigenvalue weighted by molar-refractivity contribution is -0.163. The lowest BCUT2D eigenvalue weighted by atomic mass is 9.77. The van der Waals surface area contributed by atoms with E-state index in [1.807, 2.05) is 36.4 Å². The van der Waals surface area contributed by atoms with Crippen molar-refractivity contribution in [2.45, 2.75) is 24.5 Å². The highest BCUT2D eigenvalue weighted by Crippen LogP contribution is 2.51. The van der Waals surface area contributed by atoms with Crippen LogP contribution in [0.2, 0.25) is 0 Å². The Morgan fingerprint density at radius 2 is 1.97 bits per heavy atom. The smallest absolute Gasteiger partial charge is 0.218 e. The van der Waals surface area contributed by atoms with Crippen LogP contribution in [0.5, 0.6) is 11.5 Å². The normalized spacial score (nSPS) is 31.7. The number of carbonyl (C=O) groups is 2. The lowest BCUT2D eigenvalue weighted by Crippen LogP contribution is -2.48. The van der Waals surface area contributed by atoms with E-state index in [0.717, 1.165) is 11.3 Å². The number of para-hydroxylation sites is 1. The molecular weight excluding hydrogens is 410 g/mol. The third-order valence-electron chi connectivity index (χ3n) is 7.10. The highest BCUT2D eigenvalue weighted by molar-refractivity contribution is 6.07. The van der Waals surface area contributed by atoms with Gasteiger partial charge in [-0.25, -0.2) is 0 Å². The molecule has 4 aliphatic rings. The molecule has 2 aromatic rings. The van der Waals surface area contributed by atoms with Gasteiger partial charge in [0.25, 0.3) is 0 Å². The minimum absolute atomic E-state index is 0.0835. The first-order chi connectivity index (χ1) is 15.6. The number of anilines is 1. The maximum atomic E-state index is 14.1. The van der Waals surface area contributed by atoms with Gasteiger partial charge in [-0.15, -0.1) is 0 Å². The Morgan fingerprint density at radius 1 is 1.12 bits per heavy atom. The fourth-order valence-corrected chi connectivity index (χ4v) is 5.74. The molecule has 0 unspecified atom stereocenters. The zero-order valence-corrected chi connectivity index (χ0v) is 17.8. The molecule has 7 nitrogen and oxygen atoms in total. The van der Waals surface area contributed by atoms with Crippen LogP contribution in [0, 0.1) is 11.8 Å². The summed E-state index contributed by atoms with van der Waals surface area (Å²) in [5, 5.41) is 0. The van der Waals surface area contributed by atoms with Gasteiger partial charge in [-0.2, -0.15) is 0 Å². The first-order valence-corrected chi connectivity index (χ1v) is 10.7. The molecule has 2 bridgehead atoms. The van der Waals surface area contributed by atoms with Gasteiger partial charge in [0.2, 0.25) is 6.29 Å². The molecule has 7 heteroatoms. The summed E-state index contributed by atoms with van der Waals surface area (Å²) in [7, 11) is 3.11. The molecule has 0 aromatic heterocycles. The fourth-order valence-electron chi connectivity index (χ4n) is 5.74. The molecule has 2 aromatic carbocycles. The van der Waals surface area contributed by atoms with Crippen LogP contribution in [0.3, 0.4) is 0 Å². The highest BCUT2D eigenvalue weighted by atomic mass is 16.7. The van der Waals surface area contributed by atoms with Crippen molar-refractivity contribution >= 4 is 23.3 Å². The van der Waals surface area contributed by atoms with Crippen LogP contribution in [0.25, 0.3) is 6.08 Å². The molecule has 0 radical (unpaired) electrons. The van der Waals surface area contributed by atoms with Crippen molar-refractivity contribution in [1.29, 1.82) is 0 Å². The van der Waals surface area contributed by atoms with Gasteiger partial charge in [0.1, 0.15) is 11.5 Å². The fraction of sp³-hybridized carbons (Fsp3) is 0.360. The second kappa shape index (κ2) is 7.18. The molecule has 0 spiro atoms. The number of carbonyl (C=O) groups excluding carboxylic acids is 2. The van der Waals surface area contributed by atoms with Crippen LogP contribution in [0.4, 0.5) is 5.69 Å². The summed E-state index contributed by atoms with van der Waals surface area (Å²) in [5.74, 6) is 0.174. The maximum absolute atomic E-state index is 14.1. The molecular formula is C25H23NO6. The van der Waals surface area contributed by atoms with Crippen molar-refractivity contribution in [3.63, 3.8) is 0 Å². The van der Waals surface area contributed by atoms with E-state index in [1.165, 1.54) is 7.11 Å². The van der Waals surface area contributed by atoms with E-state index in [4.69, 9.17) is 18.9 Å². The van der Waals surface area contributed by atoms with Gasteiger partial charge in [-0.05, 0) is 23.8 Å². The van der Waals surface area contributed by atoms with Crippen molar-refractivity contribution < 1.29 is 28.5 Å². The predicted octanol–water partition coefficient (Wildman–Crippen LogP) is 2.73. The van der Waals surface area contributed by atoms with Gasteiger partial charge in [0, 0.05) is 17.7 Å². The summed E-state index contributed by atoms with van der Waals surface area (Å²) < 4.78 is 22.4. The van der Waals surface area contributed by atoms with Crippen molar-refractivity contribution in [2.24, 2.45) is 11.8 Å². The quantitative estimate of drug-likeness (QED) is 0.687. The van der Waals surface area contributed by atoms with E-state index in [0.29, 0.717) is 23.7 Å². The third-order valence-corrected chi connectivity index (χ3v) is 7.10. The zero-order chi connectivity index (χ0) is 22.0. The number of methoxy groups -OCH3 is 2. The van der Waals surface area contributed by atoms with Crippen molar-refractivity contribution in [2.75, 3.05) is 25.7 Å². The second-order valence-electron chi connectivity index (χ2n) is 8.54. The van der Waals surface area contributed by atoms with E-state index in [1.54, 1.807) is 25.3 Å². The third kappa shape index (κ3) is 2.61. The minimum Gasteiger partial charge on any atom is -0.497 e. The second-order valence-corrected chi connectivity index (χ2v) is 8.54. The number of hydrogen-bond donors (Lipinski definition) is 0. The first kappa shape index (κ1) is 19.5. The SMILES string of the molecule is COc1ccc(C(=O)[C@@H]2[C@H]3[C@H](C(=O)[C@@H]4OC[C@@H]3O4)[C@H]3C=Cc4ccccc4N32)c(OC)c1. The summed E-state index contributed by atoms with van der Waals surface area (Å²) in [6.45, 7) is 0.313. The van der Waals surface area contributed by atoms with Crippen LogP contribution in [-0.4, -0.2) is 56.9 Å². The highest BCUT2D eigenvalue weighted by Gasteiger charge is 2.63. The number of benzene rings is 2. The van der Waals surface area contributed by atoms with Gasteiger partial charge in [0.15, 0.2) is 11.6 Å². The summed E-state index contributed by atoms with van der Waals surface area (Å²) in [6, 6.07) is 12.3. The summed E-state index contributed by atoms with van der Waals surface area (Å²) in [6.07, 6.45) is 2.94. The topological polar surface area (TPSA) is 74.3 Å². The van der Waals surface area contributed by atoms with Crippen LogP contribution >= 0.6 is 0 Å². The summed E-state index contributed by atoms with van der Waals surface area (Å²) >= 11 is 0. The van der Waals surface area contributed by atoms with Crippen LogP contribution in [-0.2, 0) is 14.3 Å². The summed E-state index contributed by atoms with van der Waals surface area (Å²) in [5.41, 5.74) is 2.43. The predicted molar refractivity (Wildman–Crippen MR) is 116 cm³/mol. The van der Waals surface area contributed by atoms with Crippen molar-refractivity contribution in [3.8, 4) is 11.5 Å². The molecule has 0 aliphatic carbocycles. The molecule has 6 rings (SSSR count). The van der Waals surface area contributed by atoms with Gasteiger partial charge in [0.05, 0.1) is 50.5 Å². The average Bonchev–Trinajstić information content (AvgIpc) is 3.43. The molecule has 32 heavy (non-hydrogen) atoms. The van der Waals surface area contributed by atoms with E-state index >= 15 is 0 Å². The molecule has 164 valence electrons. The van der Waals surface area contributed by atoms with Crippen molar-refractivity contribution in [3.05, 3.63) is 59.7 Å². The van der Waals surface area contributed by atoms with Gasteiger partial charge < -0.3 is 23.8 Å². The van der Waals surface area contributed by atoms with Gasteiger partial charge in [-0.1, -0.05) is 30.4 Å². The number of fused-ring (bicyclic) bond motifs is 8. The molecule has 3 fully saturated rings. The van der Waals surface area contributed by atoms with E-state index in [2.05, 4.69) is 4.90 Å². The molecule has 4 heterocycles. The Balaban J connectivity index is 1.51. The van der Waals surface area contributed by atoms with E-state index in [9.17, 15) is 9.59 Å². The molecule has 0 N–H and O–H groups in total. The number of rotatable bonds is 4. The molecule has 4 aliphatic heterocycles.